The van der Waals surface area contributed by atoms with Crippen molar-refractivity contribution in [3.63, 3.8) is 0 Å². The molecule has 0 aromatic heterocycles. The largest absolute Gasteiger partial charge is 0.573 e. The second-order valence-electron chi connectivity index (χ2n) is 3.18. The molecule has 0 aliphatic heterocycles. The second kappa shape index (κ2) is 5.39. The van der Waals surface area contributed by atoms with Gasteiger partial charge in [0.25, 0.3) is 0 Å². The van der Waals surface area contributed by atoms with Crippen LogP contribution < -0.4 is 4.74 Å². The van der Waals surface area contributed by atoms with Crippen molar-refractivity contribution in [3.8, 4) is 11.8 Å². The van der Waals surface area contributed by atoms with Gasteiger partial charge in [-0.05, 0) is 12.1 Å². The lowest BCUT2D eigenvalue weighted by molar-refractivity contribution is -0.274. The lowest BCUT2D eigenvalue weighted by Crippen LogP contribution is -2.20. The summed E-state index contributed by atoms with van der Waals surface area (Å²) in [6.07, 6.45) is -5.01. The Balaban J connectivity index is 3.51. The maximum Gasteiger partial charge on any atom is 0.573 e. The van der Waals surface area contributed by atoms with Crippen molar-refractivity contribution in [2.75, 3.05) is 7.11 Å². The summed E-state index contributed by atoms with van der Waals surface area (Å²) in [5, 5.41) is 8.84. The van der Waals surface area contributed by atoms with Gasteiger partial charge in [0, 0.05) is 0 Å². The standard InChI is InChI=1S/C11H6F3NO4/c1-18-10(17)7-3-2-6(5-16)9(8(7)4-15)19-11(12,13)14/h2-3,5H,1H3. The number of carbonyl (C=O) groups excluding carboxylic acids is 2. The van der Waals surface area contributed by atoms with E-state index >= 15 is 0 Å². The van der Waals surface area contributed by atoms with E-state index in [0.717, 1.165) is 19.2 Å². The number of benzene rings is 1. The Bertz CT molecular complexity index is 560. The molecule has 0 aliphatic carbocycles. The quantitative estimate of drug-likeness (QED) is 0.622. The first-order chi connectivity index (χ1) is 8.84. The van der Waals surface area contributed by atoms with Gasteiger partial charge in [-0.2, -0.15) is 5.26 Å². The van der Waals surface area contributed by atoms with E-state index in [0.29, 0.717) is 0 Å². The van der Waals surface area contributed by atoms with E-state index in [4.69, 9.17) is 5.26 Å². The van der Waals surface area contributed by atoms with Crippen LogP contribution in [-0.2, 0) is 4.74 Å². The van der Waals surface area contributed by atoms with Crippen molar-refractivity contribution in [1.82, 2.24) is 0 Å². The van der Waals surface area contributed by atoms with Crippen molar-refractivity contribution in [3.05, 3.63) is 28.8 Å². The molecular formula is C11H6F3NO4. The zero-order valence-electron chi connectivity index (χ0n) is 9.45. The van der Waals surface area contributed by atoms with Crippen LogP contribution in [-0.4, -0.2) is 25.7 Å². The molecule has 1 aromatic carbocycles. The molecule has 0 radical (unpaired) electrons. The van der Waals surface area contributed by atoms with Crippen molar-refractivity contribution in [2.24, 2.45) is 0 Å². The van der Waals surface area contributed by atoms with Gasteiger partial charge in [0.15, 0.2) is 12.0 Å². The van der Waals surface area contributed by atoms with Gasteiger partial charge < -0.3 is 9.47 Å². The summed E-state index contributed by atoms with van der Waals surface area (Å²) in [6, 6.07) is 3.33. The average Bonchev–Trinajstić information content (AvgIpc) is 2.35. The zero-order valence-corrected chi connectivity index (χ0v) is 9.45. The summed E-state index contributed by atoms with van der Waals surface area (Å²) in [5.41, 5.74) is -1.63. The highest BCUT2D eigenvalue weighted by atomic mass is 19.4. The maximum absolute atomic E-state index is 12.2. The molecule has 0 fully saturated rings. The molecule has 5 nitrogen and oxygen atoms in total. The van der Waals surface area contributed by atoms with Crippen LogP contribution in [0.25, 0.3) is 0 Å². The Morgan fingerprint density at radius 3 is 2.47 bits per heavy atom. The van der Waals surface area contributed by atoms with Crippen LogP contribution in [0.2, 0.25) is 0 Å². The van der Waals surface area contributed by atoms with Crippen molar-refractivity contribution in [1.29, 1.82) is 5.26 Å². The van der Waals surface area contributed by atoms with Gasteiger partial charge >= 0.3 is 12.3 Å². The molecule has 0 saturated heterocycles. The summed E-state index contributed by atoms with van der Waals surface area (Å²) in [5.74, 6) is -2.03. The zero-order chi connectivity index (χ0) is 14.6. The highest BCUT2D eigenvalue weighted by Gasteiger charge is 2.34. The molecule has 0 bridgehead atoms. The third-order valence-corrected chi connectivity index (χ3v) is 2.05. The number of methoxy groups -OCH3 is 1. The summed E-state index contributed by atoms with van der Waals surface area (Å²) in [7, 11) is 1.00. The van der Waals surface area contributed by atoms with Crippen LogP contribution in [0.15, 0.2) is 12.1 Å². The van der Waals surface area contributed by atoms with Crippen LogP contribution >= 0.6 is 0 Å². The van der Waals surface area contributed by atoms with Gasteiger partial charge in [0.2, 0.25) is 0 Å². The van der Waals surface area contributed by atoms with Crippen LogP contribution in [0, 0.1) is 11.3 Å². The molecule has 0 spiro atoms. The van der Waals surface area contributed by atoms with Gasteiger partial charge in [-0.1, -0.05) is 0 Å². The molecule has 0 saturated carbocycles. The third kappa shape index (κ3) is 3.22. The van der Waals surface area contributed by atoms with Crippen molar-refractivity contribution in [2.45, 2.75) is 6.36 Å². The minimum atomic E-state index is -5.10. The van der Waals surface area contributed by atoms with Gasteiger partial charge in [-0.3, -0.25) is 4.79 Å². The number of esters is 1. The number of nitrogens with zero attached hydrogens (tertiary/aromatic N) is 1. The number of aldehydes is 1. The number of alkyl halides is 3. The number of halogens is 3. The minimum Gasteiger partial charge on any atom is -0.465 e. The molecule has 8 heteroatoms. The normalized spacial score (nSPS) is 10.5. The fraction of sp³-hybridized carbons (Fsp3) is 0.182. The molecule has 0 amide bonds. The lowest BCUT2D eigenvalue weighted by Gasteiger charge is -2.13. The van der Waals surface area contributed by atoms with E-state index in [9.17, 15) is 22.8 Å². The van der Waals surface area contributed by atoms with E-state index in [-0.39, 0.29) is 6.29 Å². The van der Waals surface area contributed by atoms with E-state index in [1.165, 1.54) is 6.07 Å². The third-order valence-electron chi connectivity index (χ3n) is 2.05. The van der Waals surface area contributed by atoms with Crippen molar-refractivity contribution >= 4 is 12.3 Å². The number of hydrogen-bond donors (Lipinski definition) is 0. The summed E-state index contributed by atoms with van der Waals surface area (Å²) < 4.78 is 44.6. The fourth-order valence-electron chi connectivity index (χ4n) is 1.31. The van der Waals surface area contributed by atoms with Gasteiger partial charge in [-0.15, -0.1) is 13.2 Å². The SMILES string of the molecule is COC(=O)c1ccc(C=O)c(OC(F)(F)F)c1C#N. The monoisotopic (exact) mass is 273 g/mol. The molecule has 100 valence electrons. The number of rotatable bonds is 3. The topological polar surface area (TPSA) is 76.4 Å². The predicted octanol–water partition coefficient (Wildman–Crippen LogP) is 2.06. The molecule has 0 unspecified atom stereocenters. The van der Waals surface area contributed by atoms with E-state index in [1.807, 2.05) is 0 Å². The van der Waals surface area contributed by atoms with Crippen molar-refractivity contribution < 1.29 is 32.2 Å². The first-order valence-electron chi connectivity index (χ1n) is 4.70. The summed E-state index contributed by atoms with van der Waals surface area (Å²) in [6.45, 7) is 0. The predicted molar refractivity (Wildman–Crippen MR) is 54.6 cm³/mol. The van der Waals surface area contributed by atoms with E-state index in [2.05, 4.69) is 9.47 Å². The molecule has 19 heavy (non-hydrogen) atoms. The molecule has 1 aromatic rings. The number of nitriles is 1. The molecule has 0 atom stereocenters. The van der Waals surface area contributed by atoms with Crippen LogP contribution in [0.4, 0.5) is 13.2 Å². The summed E-state index contributed by atoms with van der Waals surface area (Å²) >= 11 is 0. The number of ether oxygens (including phenoxy) is 2. The van der Waals surface area contributed by atoms with E-state index < -0.39 is 34.8 Å². The van der Waals surface area contributed by atoms with Crippen LogP contribution in [0.3, 0.4) is 0 Å². The number of hydrogen-bond acceptors (Lipinski definition) is 5. The maximum atomic E-state index is 12.2. The summed E-state index contributed by atoms with van der Waals surface area (Å²) in [4.78, 5) is 22.0. The Kier molecular flexibility index (Phi) is 4.11. The highest BCUT2D eigenvalue weighted by Crippen LogP contribution is 2.31. The minimum absolute atomic E-state index is 0.0863. The molecular weight excluding hydrogens is 267 g/mol. The first kappa shape index (κ1) is 14.5. The smallest absolute Gasteiger partial charge is 0.465 e. The van der Waals surface area contributed by atoms with Gasteiger partial charge in [0.1, 0.15) is 11.6 Å². The van der Waals surface area contributed by atoms with Crippen LogP contribution in [0.1, 0.15) is 26.3 Å². The molecule has 0 heterocycles. The van der Waals surface area contributed by atoms with Gasteiger partial charge in [0.05, 0.1) is 18.2 Å². The lowest BCUT2D eigenvalue weighted by atomic mass is 10.0. The highest BCUT2D eigenvalue weighted by molar-refractivity contribution is 5.95. The Hall–Kier alpha value is -2.56. The average molecular weight is 273 g/mol. The Morgan fingerprint density at radius 1 is 1.42 bits per heavy atom. The Labute approximate surface area is 105 Å². The number of carbonyl (C=O) groups is 2. The van der Waals surface area contributed by atoms with Gasteiger partial charge in [-0.25, -0.2) is 4.79 Å². The van der Waals surface area contributed by atoms with E-state index in [1.54, 1.807) is 0 Å². The first-order valence-corrected chi connectivity index (χ1v) is 4.70. The molecule has 0 N–H and O–H groups in total. The molecule has 0 aliphatic rings. The second-order valence-corrected chi connectivity index (χ2v) is 3.18. The fourth-order valence-corrected chi connectivity index (χ4v) is 1.31. The Morgan fingerprint density at radius 2 is 2.05 bits per heavy atom. The molecule has 1 rings (SSSR count). The van der Waals surface area contributed by atoms with Crippen LogP contribution in [0.5, 0.6) is 5.75 Å².